The predicted molar refractivity (Wildman–Crippen MR) is 131 cm³/mol. The molecule has 0 rings (SSSR count). The molecule has 0 bridgehead atoms. The molecule has 0 aromatic carbocycles. The number of hydrogen-bond acceptors (Lipinski definition) is 3. The molecule has 0 heterocycles. The van der Waals surface area contributed by atoms with Crippen LogP contribution in [0, 0.1) is 5.41 Å². The van der Waals surface area contributed by atoms with Gasteiger partial charge in [0.1, 0.15) is 0 Å². The van der Waals surface area contributed by atoms with Gasteiger partial charge in [-0.15, -0.1) is 0 Å². The molecule has 3 heteroatoms. The van der Waals surface area contributed by atoms with E-state index in [-0.39, 0.29) is 5.41 Å². The Balaban J connectivity index is 4.14. The molecule has 0 unspecified atom stereocenters. The zero-order valence-electron chi connectivity index (χ0n) is 21.2. The van der Waals surface area contributed by atoms with Gasteiger partial charge in [0, 0.05) is 0 Å². The van der Waals surface area contributed by atoms with Crippen LogP contribution in [0.2, 0.25) is 0 Å². The first-order valence-corrected chi connectivity index (χ1v) is 13.4. The van der Waals surface area contributed by atoms with E-state index in [1.54, 1.807) is 0 Å². The highest BCUT2D eigenvalue weighted by Crippen LogP contribution is 2.26. The van der Waals surface area contributed by atoms with Crippen molar-refractivity contribution in [3.8, 4) is 0 Å². The Labute approximate surface area is 189 Å². The van der Waals surface area contributed by atoms with E-state index in [1.165, 1.54) is 109 Å². The van der Waals surface area contributed by atoms with Gasteiger partial charge >= 0.3 is 0 Å². The molecule has 0 atom stereocenters. The van der Waals surface area contributed by atoms with Crippen molar-refractivity contribution in [2.45, 2.75) is 156 Å². The van der Waals surface area contributed by atoms with Crippen LogP contribution in [0.5, 0.6) is 0 Å². The quantitative estimate of drug-likeness (QED) is 0.0945. The van der Waals surface area contributed by atoms with Gasteiger partial charge in [0.25, 0.3) is 0 Å². The molecule has 0 aliphatic heterocycles. The van der Waals surface area contributed by atoms with Gasteiger partial charge in [-0.2, -0.15) is 0 Å². The summed E-state index contributed by atoms with van der Waals surface area (Å²) < 4.78 is 6.50. The van der Waals surface area contributed by atoms with E-state index in [0.717, 1.165) is 19.4 Å². The first-order chi connectivity index (χ1) is 14.6. The first-order valence-electron chi connectivity index (χ1n) is 13.4. The van der Waals surface area contributed by atoms with Crippen LogP contribution in [0.25, 0.3) is 0 Å². The second-order valence-corrected chi connectivity index (χ2v) is 10.2. The number of ether oxygens (including phenoxy) is 1. The monoisotopic (exact) mass is 428 g/mol. The Hall–Kier alpha value is -0.120. The molecule has 0 aliphatic rings. The molecular weight excluding hydrogens is 372 g/mol. The highest BCUT2D eigenvalue weighted by molar-refractivity contribution is 4.70. The van der Waals surface area contributed by atoms with E-state index in [4.69, 9.17) is 9.99 Å². The second kappa shape index (κ2) is 22.1. The summed E-state index contributed by atoms with van der Waals surface area (Å²) in [5.41, 5.74) is 0.258. The lowest BCUT2D eigenvalue weighted by Gasteiger charge is -2.28. The molecule has 0 spiro atoms. The molecule has 0 aromatic rings. The summed E-state index contributed by atoms with van der Waals surface area (Å²) in [6, 6.07) is 0. The molecule has 0 saturated carbocycles. The molecule has 30 heavy (non-hydrogen) atoms. The van der Waals surface area contributed by atoms with Crippen molar-refractivity contribution in [3.63, 3.8) is 0 Å². The normalized spacial score (nSPS) is 12.2. The molecule has 1 N–H and O–H groups in total. The van der Waals surface area contributed by atoms with Gasteiger partial charge in [-0.3, -0.25) is 5.26 Å². The minimum Gasteiger partial charge on any atom is -0.378 e. The van der Waals surface area contributed by atoms with Crippen molar-refractivity contribution < 1.29 is 14.9 Å². The van der Waals surface area contributed by atoms with Gasteiger partial charge in [-0.1, -0.05) is 124 Å². The van der Waals surface area contributed by atoms with Gasteiger partial charge in [-0.05, 0) is 31.1 Å². The molecule has 0 amide bonds. The molecule has 0 fully saturated rings. The van der Waals surface area contributed by atoms with Gasteiger partial charge in [0.15, 0.2) is 0 Å². The zero-order valence-corrected chi connectivity index (χ0v) is 21.2. The number of unbranched alkanes of at least 4 members (excludes halogenated alkanes) is 13. The molecular formula is C27H56O3. The van der Waals surface area contributed by atoms with E-state index < -0.39 is 0 Å². The minimum absolute atomic E-state index is 0.258. The maximum atomic E-state index is 8.39. The predicted octanol–water partition coefficient (Wildman–Crippen LogP) is 9.34. The fourth-order valence-corrected chi connectivity index (χ4v) is 4.16. The molecule has 0 aliphatic carbocycles. The average molecular weight is 429 g/mol. The van der Waals surface area contributed by atoms with Crippen LogP contribution < -0.4 is 0 Å². The Morgan fingerprint density at radius 1 is 0.633 bits per heavy atom. The minimum atomic E-state index is 0.258. The summed E-state index contributed by atoms with van der Waals surface area (Å²) in [7, 11) is 0. The summed E-state index contributed by atoms with van der Waals surface area (Å²) in [5, 5.41) is 8.39. The highest BCUT2D eigenvalue weighted by atomic mass is 17.1. The molecule has 0 saturated heterocycles. The number of hydrogen-bond donors (Lipinski definition) is 1. The van der Waals surface area contributed by atoms with E-state index in [1.807, 2.05) is 0 Å². The third-order valence-corrected chi connectivity index (χ3v) is 6.31. The van der Waals surface area contributed by atoms with Crippen molar-refractivity contribution in [1.82, 2.24) is 0 Å². The van der Waals surface area contributed by atoms with Crippen molar-refractivity contribution in [2.75, 3.05) is 13.2 Å². The Morgan fingerprint density at radius 2 is 1.10 bits per heavy atom. The summed E-state index contributed by atoms with van der Waals surface area (Å²) in [5.74, 6) is 0. The topological polar surface area (TPSA) is 38.7 Å². The van der Waals surface area contributed by atoms with Crippen LogP contribution >= 0.6 is 0 Å². The van der Waals surface area contributed by atoms with E-state index in [0.29, 0.717) is 12.7 Å². The Morgan fingerprint density at radius 3 is 1.63 bits per heavy atom. The highest BCUT2D eigenvalue weighted by Gasteiger charge is 2.20. The SMILES string of the molecule is CCCCCCCCC(CCCCCCCC)OCC(C)(C)CCCCCCOO. The van der Waals surface area contributed by atoms with Crippen molar-refractivity contribution in [3.05, 3.63) is 0 Å². The second-order valence-electron chi connectivity index (χ2n) is 10.2. The lowest BCUT2D eigenvalue weighted by atomic mass is 9.87. The van der Waals surface area contributed by atoms with Gasteiger partial charge in [-0.25, -0.2) is 4.89 Å². The largest absolute Gasteiger partial charge is 0.378 e. The summed E-state index contributed by atoms with van der Waals surface area (Å²) in [6.07, 6.45) is 25.1. The third-order valence-electron chi connectivity index (χ3n) is 6.31. The van der Waals surface area contributed by atoms with E-state index in [9.17, 15) is 0 Å². The van der Waals surface area contributed by atoms with Crippen molar-refractivity contribution in [2.24, 2.45) is 5.41 Å². The van der Waals surface area contributed by atoms with Gasteiger partial charge in [0.05, 0.1) is 19.3 Å². The Bertz CT molecular complexity index is 314. The fraction of sp³-hybridized carbons (Fsp3) is 1.00. The smallest absolute Gasteiger partial charge is 0.0819 e. The Kier molecular flexibility index (Phi) is 22.0. The summed E-state index contributed by atoms with van der Waals surface area (Å²) >= 11 is 0. The van der Waals surface area contributed by atoms with Crippen LogP contribution in [-0.4, -0.2) is 24.6 Å². The lowest BCUT2D eigenvalue weighted by molar-refractivity contribution is -0.242. The molecule has 182 valence electrons. The van der Waals surface area contributed by atoms with Crippen LogP contribution in [0.15, 0.2) is 0 Å². The van der Waals surface area contributed by atoms with Crippen LogP contribution in [0.4, 0.5) is 0 Å². The number of rotatable bonds is 24. The molecule has 3 nitrogen and oxygen atoms in total. The summed E-state index contributed by atoms with van der Waals surface area (Å²) in [4.78, 5) is 4.15. The third kappa shape index (κ3) is 21.1. The van der Waals surface area contributed by atoms with E-state index >= 15 is 0 Å². The van der Waals surface area contributed by atoms with Crippen molar-refractivity contribution in [1.29, 1.82) is 0 Å². The van der Waals surface area contributed by atoms with Crippen LogP contribution in [0.1, 0.15) is 150 Å². The first kappa shape index (κ1) is 29.9. The fourth-order valence-electron chi connectivity index (χ4n) is 4.16. The maximum absolute atomic E-state index is 8.39. The zero-order chi connectivity index (χ0) is 22.3. The summed E-state index contributed by atoms with van der Waals surface area (Å²) in [6.45, 7) is 10.6. The van der Waals surface area contributed by atoms with Gasteiger partial charge < -0.3 is 4.74 Å². The van der Waals surface area contributed by atoms with E-state index in [2.05, 4.69) is 32.6 Å². The van der Waals surface area contributed by atoms with Gasteiger partial charge in [0.2, 0.25) is 0 Å². The lowest BCUT2D eigenvalue weighted by Crippen LogP contribution is -2.24. The maximum Gasteiger partial charge on any atom is 0.0819 e. The molecule has 0 radical (unpaired) electrons. The van der Waals surface area contributed by atoms with Crippen molar-refractivity contribution >= 4 is 0 Å². The molecule has 0 aromatic heterocycles. The standard InChI is InChI=1S/C27H56O3/c1-5-7-9-11-13-17-21-26(22-18-14-12-10-8-6-2)29-25-27(3,4)23-19-15-16-20-24-30-28/h26,28H,5-25H2,1-4H3. The van der Waals surface area contributed by atoms with Crippen LogP contribution in [-0.2, 0) is 9.62 Å². The average Bonchev–Trinajstić information content (AvgIpc) is 2.73. The van der Waals surface area contributed by atoms with Crippen LogP contribution in [0.3, 0.4) is 0 Å².